The second-order valence-corrected chi connectivity index (χ2v) is 7.68. The second kappa shape index (κ2) is 5.48. The lowest BCUT2D eigenvalue weighted by Crippen LogP contribution is -2.37. The molecule has 0 saturated heterocycles. The fraction of sp³-hybridized carbons (Fsp3) is 0.500. The number of carbonyl (C=O) groups excluding carboxylic acids is 1. The normalized spacial score (nSPS) is 21.0. The highest BCUT2D eigenvalue weighted by atomic mass is 32.1. The van der Waals surface area contributed by atoms with Gasteiger partial charge in [0.15, 0.2) is 5.65 Å². The molecule has 0 aliphatic heterocycles. The van der Waals surface area contributed by atoms with Crippen LogP contribution in [-0.2, 0) is 13.6 Å². The molecule has 1 amide bonds. The van der Waals surface area contributed by atoms with Crippen molar-refractivity contribution in [1.82, 2.24) is 19.7 Å². The predicted octanol–water partition coefficient (Wildman–Crippen LogP) is 3.54. The number of carbonyl (C=O) groups is 1. The van der Waals surface area contributed by atoms with Crippen molar-refractivity contribution in [1.29, 1.82) is 0 Å². The van der Waals surface area contributed by atoms with E-state index >= 15 is 0 Å². The number of thiophene rings is 1. The van der Waals surface area contributed by atoms with E-state index in [4.69, 9.17) is 0 Å². The molecule has 25 heavy (non-hydrogen) atoms. The Kier molecular flexibility index (Phi) is 3.61. The summed E-state index contributed by atoms with van der Waals surface area (Å²) in [5.74, 6) is -1.37. The average molecular weight is 370 g/mol. The van der Waals surface area contributed by atoms with Gasteiger partial charge < -0.3 is 9.88 Å². The smallest absolute Gasteiger partial charge is 0.354 e. The lowest BCUT2D eigenvalue weighted by molar-refractivity contribution is -0.205. The van der Waals surface area contributed by atoms with Crippen molar-refractivity contribution in [2.75, 3.05) is 7.05 Å². The molecular weight excluding hydrogens is 353 g/mol. The van der Waals surface area contributed by atoms with E-state index in [1.165, 1.54) is 11.3 Å². The van der Waals surface area contributed by atoms with Crippen molar-refractivity contribution in [3.63, 3.8) is 0 Å². The standard InChI is InChI=1S/C16H17F3N4OS/c1-20-15(24)12-5-11-13(25-12)10-7-22(2)21-14(10)23(11)6-8-3-9(4-8)16(17,18)19/h5,7-9H,3-4,6H2,1-2H3,(H,20,24)/t8-,9+. The van der Waals surface area contributed by atoms with E-state index in [9.17, 15) is 18.0 Å². The summed E-state index contributed by atoms with van der Waals surface area (Å²) < 4.78 is 42.8. The molecule has 4 rings (SSSR count). The van der Waals surface area contributed by atoms with Crippen molar-refractivity contribution in [3.05, 3.63) is 17.1 Å². The van der Waals surface area contributed by atoms with Gasteiger partial charge in [-0.2, -0.15) is 18.3 Å². The van der Waals surface area contributed by atoms with E-state index < -0.39 is 12.1 Å². The highest BCUT2D eigenvalue weighted by Crippen LogP contribution is 2.46. The van der Waals surface area contributed by atoms with E-state index in [0.29, 0.717) is 11.4 Å². The van der Waals surface area contributed by atoms with Crippen LogP contribution < -0.4 is 5.32 Å². The topological polar surface area (TPSA) is 51.9 Å². The molecule has 0 radical (unpaired) electrons. The Morgan fingerprint density at radius 3 is 2.80 bits per heavy atom. The van der Waals surface area contributed by atoms with Crippen LogP contribution in [0.4, 0.5) is 13.2 Å². The van der Waals surface area contributed by atoms with E-state index in [1.807, 2.05) is 17.8 Å². The van der Waals surface area contributed by atoms with E-state index in [0.717, 1.165) is 21.3 Å². The zero-order chi connectivity index (χ0) is 17.9. The molecule has 0 unspecified atom stereocenters. The molecule has 1 aliphatic rings. The summed E-state index contributed by atoms with van der Waals surface area (Å²) in [5.41, 5.74) is 1.64. The minimum Gasteiger partial charge on any atom is -0.354 e. The molecule has 0 bridgehead atoms. The number of halogens is 3. The Bertz CT molecular complexity index is 962. The summed E-state index contributed by atoms with van der Waals surface area (Å²) in [7, 11) is 3.39. The zero-order valence-corrected chi connectivity index (χ0v) is 14.5. The van der Waals surface area contributed by atoms with Crippen molar-refractivity contribution in [2.24, 2.45) is 18.9 Å². The maximum Gasteiger partial charge on any atom is 0.391 e. The van der Waals surface area contributed by atoms with Crippen LogP contribution in [0.3, 0.4) is 0 Å². The third-order valence-corrected chi connectivity index (χ3v) is 6.06. The van der Waals surface area contributed by atoms with Gasteiger partial charge in [0.05, 0.1) is 26.4 Å². The van der Waals surface area contributed by atoms with Crippen LogP contribution in [-0.4, -0.2) is 33.5 Å². The predicted molar refractivity (Wildman–Crippen MR) is 89.7 cm³/mol. The van der Waals surface area contributed by atoms with Gasteiger partial charge in [0, 0.05) is 26.8 Å². The lowest BCUT2D eigenvalue weighted by Gasteiger charge is -2.36. The van der Waals surface area contributed by atoms with Gasteiger partial charge >= 0.3 is 6.18 Å². The molecule has 1 N–H and O–H groups in total. The molecule has 9 heteroatoms. The van der Waals surface area contributed by atoms with Crippen molar-refractivity contribution < 1.29 is 18.0 Å². The van der Waals surface area contributed by atoms with Crippen LogP contribution in [0.25, 0.3) is 21.3 Å². The molecule has 3 heterocycles. The third kappa shape index (κ3) is 2.61. The summed E-state index contributed by atoms with van der Waals surface area (Å²) in [4.78, 5) is 12.5. The maximum absolute atomic E-state index is 12.7. The van der Waals surface area contributed by atoms with Crippen LogP contribution in [0.2, 0.25) is 0 Å². The monoisotopic (exact) mass is 370 g/mol. The molecule has 5 nitrogen and oxygen atoms in total. The van der Waals surface area contributed by atoms with E-state index in [2.05, 4.69) is 10.4 Å². The SMILES string of the molecule is CNC(=O)c1cc2c(s1)c1cn(C)nc1n2C[C@H]1C[C@@H](C(F)(F)F)C1. The fourth-order valence-electron chi connectivity index (χ4n) is 3.56. The molecule has 1 aliphatic carbocycles. The van der Waals surface area contributed by atoms with Crippen molar-refractivity contribution >= 4 is 38.5 Å². The first-order valence-electron chi connectivity index (χ1n) is 8.02. The summed E-state index contributed by atoms with van der Waals surface area (Å²) >= 11 is 1.38. The summed E-state index contributed by atoms with van der Waals surface area (Å²) in [6.07, 6.45) is -1.90. The fourth-order valence-corrected chi connectivity index (χ4v) is 4.67. The number of aromatic nitrogens is 3. The second-order valence-electron chi connectivity index (χ2n) is 6.63. The largest absolute Gasteiger partial charge is 0.391 e. The van der Waals surface area contributed by atoms with Gasteiger partial charge in [0.2, 0.25) is 0 Å². The third-order valence-electron chi connectivity index (χ3n) is 4.90. The number of nitrogens with one attached hydrogen (secondary N) is 1. The van der Waals surface area contributed by atoms with Crippen molar-refractivity contribution in [2.45, 2.75) is 25.6 Å². The van der Waals surface area contributed by atoms with Crippen LogP contribution >= 0.6 is 11.3 Å². The van der Waals surface area contributed by atoms with Crippen LogP contribution in [0.1, 0.15) is 22.5 Å². The number of alkyl halides is 3. The minimum atomic E-state index is -4.10. The summed E-state index contributed by atoms with van der Waals surface area (Å²) in [6.45, 7) is 0.494. The quantitative estimate of drug-likeness (QED) is 0.767. The number of aryl methyl sites for hydroxylation is 1. The Hall–Kier alpha value is -2.03. The Morgan fingerprint density at radius 1 is 1.44 bits per heavy atom. The molecule has 3 aromatic heterocycles. The molecule has 0 aromatic carbocycles. The first kappa shape index (κ1) is 16.4. The first-order valence-corrected chi connectivity index (χ1v) is 8.83. The van der Waals surface area contributed by atoms with Gasteiger partial charge in [-0.1, -0.05) is 0 Å². The Labute approximate surface area is 145 Å². The summed E-state index contributed by atoms with van der Waals surface area (Å²) in [5, 5.41) is 8.00. The number of fused-ring (bicyclic) bond motifs is 3. The van der Waals surface area contributed by atoms with Crippen LogP contribution in [0.15, 0.2) is 12.3 Å². The number of nitrogens with zero attached hydrogens (tertiary/aromatic N) is 3. The van der Waals surface area contributed by atoms with E-state index in [-0.39, 0.29) is 24.7 Å². The van der Waals surface area contributed by atoms with Gasteiger partial charge in [-0.25, -0.2) is 0 Å². The molecule has 134 valence electrons. The highest BCUT2D eigenvalue weighted by molar-refractivity contribution is 7.21. The molecule has 3 aromatic rings. The van der Waals surface area contributed by atoms with Crippen molar-refractivity contribution in [3.8, 4) is 0 Å². The molecule has 0 atom stereocenters. The van der Waals surface area contributed by atoms with Gasteiger partial charge in [-0.15, -0.1) is 11.3 Å². The van der Waals surface area contributed by atoms with Gasteiger partial charge in [0.1, 0.15) is 0 Å². The molecular formula is C16H17F3N4OS. The van der Waals surface area contributed by atoms with Gasteiger partial charge in [-0.3, -0.25) is 9.48 Å². The van der Waals surface area contributed by atoms with Crippen LogP contribution in [0.5, 0.6) is 0 Å². The van der Waals surface area contributed by atoms with Gasteiger partial charge in [0.25, 0.3) is 5.91 Å². The average Bonchev–Trinajstić information content (AvgIpc) is 3.12. The van der Waals surface area contributed by atoms with E-state index in [1.54, 1.807) is 17.8 Å². The Balaban J connectivity index is 1.71. The first-order chi connectivity index (χ1) is 11.8. The molecule has 1 saturated carbocycles. The minimum absolute atomic E-state index is 0.0178. The number of hydrogen-bond acceptors (Lipinski definition) is 3. The number of amides is 1. The lowest BCUT2D eigenvalue weighted by atomic mass is 9.74. The number of rotatable bonds is 3. The zero-order valence-electron chi connectivity index (χ0n) is 13.7. The Morgan fingerprint density at radius 2 is 2.16 bits per heavy atom. The highest BCUT2D eigenvalue weighted by Gasteiger charge is 2.47. The summed E-state index contributed by atoms with van der Waals surface area (Å²) in [6, 6.07) is 1.81. The maximum atomic E-state index is 12.7. The molecule has 0 spiro atoms. The van der Waals surface area contributed by atoms with Crippen LogP contribution in [0, 0.1) is 11.8 Å². The number of hydrogen-bond donors (Lipinski definition) is 1. The van der Waals surface area contributed by atoms with Gasteiger partial charge in [-0.05, 0) is 24.8 Å². The molecule has 1 fully saturated rings.